The molecule has 1 aromatic carbocycles. The van der Waals surface area contributed by atoms with Crippen molar-refractivity contribution in [3.05, 3.63) is 52.3 Å². The number of halogens is 4. The first-order chi connectivity index (χ1) is 8.59. The van der Waals surface area contributed by atoms with E-state index in [4.69, 9.17) is 23.2 Å². The molecule has 94 valence electrons. The van der Waals surface area contributed by atoms with Gasteiger partial charge in [0.05, 0.1) is 5.69 Å². The SMILES string of the molecule is Fc1nc(F)c(Cl)c(NNc2ccccc2)c1Cl. The van der Waals surface area contributed by atoms with Crippen molar-refractivity contribution in [2.45, 2.75) is 0 Å². The van der Waals surface area contributed by atoms with Gasteiger partial charge in [0.25, 0.3) is 0 Å². The summed E-state index contributed by atoms with van der Waals surface area (Å²) < 4.78 is 26.3. The summed E-state index contributed by atoms with van der Waals surface area (Å²) in [6.07, 6.45) is 0. The topological polar surface area (TPSA) is 37.0 Å². The number of nitrogens with zero attached hydrogens (tertiary/aromatic N) is 1. The highest BCUT2D eigenvalue weighted by Gasteiger charge is 2.17. The second-order valence-corrected chi connectivity index (χ2v) is 4.07. The fourth-order valence-corrected chi connectivity index (χ4v) is 1.67. The molecule has 0 saturated heterocycles. The second-order valence-electron chi connectivity index (χ2n) is 3.31. The summed E-state index contributed by atoms with van der Waals surface area (Å²) in [7, 11) is 0. The van der Waals surface area contributed by atoms with Crippen LogP contribution in [-0.4, -0.2) is 4.98 Å². The molecule has 0 unspecified atom stereocenters. The van der Waals surface area contributed by atoms with Crippen LogP contribution in [0.5, 0.6) is 0 Å². The van der Waals surface area contributed by atoms with Crippen molar-refractivity contribution in [2.75, 3.05) is 10.9 Å². The van der Waals surface area contributed by atoms with Crippen LogP contribution >= 0.6 is 23.2 Å². The number of nitrogens with one attached hydrogen (secondary N) is 2. The van der Waals surface area contributed by atoms with Crippen molar-refractivity contribution < 1.29 is 8.78 Å². The maximum absolute atomic E-state index is 13.1. The van der Waals surface area contributed by atoms with Crippen molar-refractivity contribution in [3.8, 4) is 0 Å². The molecule has 0 amide bonds. The Morgan fingerprint density at radius 1 is 0.889 bits per heavy atom. The number of hydrazine groups is 1. The molecule has 18 heavy (non-hydrogen) atoms. The van der Waals surface area contributed by atoms with Crippen LogP contribution in [0.25, 0.3) is 0 Å². The molecule has 0 aliphatic rings. The Morgan fingerprint density at radius 2 is 1.44 bits per heavy atom. The zero-order chi connectivity index (χ0) is 13.1. The van der Waals surface area contributed by atoms with Gasteiger partial charge in [0, 0.05) is 0 Å². The fourth-order valence-electron chi connectivity index (χ4n) is 1.25. The van der Waals surface area contributed by atoms with E-state index in [1.165, 1.54) is 0 Å². The maximum atomic E-state index is 13.1. The molecule has 1 heterocycles. The predicted molar refractivity (Wildman–Crippen MR) is 67.9 cm³/mol. The third-order valence-electron chi connectivity index (χ3n) is 2.10. The summed E-state index contributed by atoms with van der Waals surface area (Å²) in [4.78, 5) is 2.92. The molecule has 2 N–H and O–H groups in total. The Kier molecular flexibility index (Phi) is 3.84. The van der Waals surface area contributed by atoms with Crippen molar-refractivity contribution in [2.24, 2.45) is 0 Å². The molecule has 7 heteroatoms. The molecule has 0 spiro atoms. The normalized spacial score (nSPS) is 10.2. The number of aromatic nitrogens is 1. The minimum Gasteiger partial charge on any atom is -0.301 e. The van der Waals surface area contributed by atoms with Crippen LogP contribution in [0, 0.1) is 11.9 Å². The van der Waals surface area contributed by atoms with Crippen molar-refractivity contribution in [3.63, 3.8) is 0 Å². The molecule has 0 fully saturated rings. The van der Waals surface area contributed by atoms with E-state index < -0.39 is 11.9 Å². The summed E-state index contributed by atoms with van der Waals surface area (Å²) in [5.41, 5.74) is 5.84. The highest BCUT2D eigenvalue weighted by molar-refractivity contribution is 6.39. The number of rotatable bonds is 3. The van der Waals surface area contributed by atoms with E-state index in [1.807, 2.05) is 6.07 Å². The van der Waals surface area contributed by atoms with E-state index in [0.29, 0.717) is 5.69 Å². The number of benzene rings is 1. The van der Waals surface area contributed by atoms with Gasteiger partial charge in [0.1, 0.15) is 15.7 Å². The Morgan fingerprint density at radius 3 is 2.00 bits per heavy atom. The molecule has 0 radical (unpaired) electrons. The summed E-state index contributed by atoms with van der Waals surface area (Å²) in [5.74, 6) is -2.26. The van der Waals surface area contributed by atoms with Gasteiger partial charge in [-0.05, 0) is 12.1 Å². The van der Waals surface area contributed by atoms with Crippen molar-refractivity contribution in [1.29, 1.82) is 0 Å². The van der Waals surface area contributed by atoms with Gasteiger partial charge in [-0.25, -0.2) is 0 Å². The molecule has 0 atom stereocenters. The highest BCUT2D eigenvalue weighted by Crippen LogP contribution is 2.32. The van der Waals surface area contributed by atoms with Gasteiger partial charge in [-0.3, -0.25) is 5.43 Å². The van der Waals surface area contributed by atoms with E-state index in [-0.39, 0.29) is 15.7 Å². The van der Waals surface area contributed by atoms with Crippen LogP contribution in [0.3, 0.4) is 0 Å². The number of pyridine rings is 1. The van der Waals surface area contributed by atoms with E-state index in [2.05, 4.69) is 15.8 Å². The number of para-hydroxylation sites is 1. The van der Waals surface area contributed by atoms with Gasteiger partial charge in [-0.15, -0.1) is 0 Å². The molecule has 1 aromatic heterocycles. The van der Waals surface area contributed by atoms with Crippen molar-refractivity contribution in [1.82, 2.24) is 4.98 Å². The molecule has 2 aromatic rings. The van der Waals surface area contributed by atoms with Gasteiger partial charge in [0.2, 0.25) is 11.9 Å². The van der Waals surface area contributed by atoms with Gasteiger partial charge in [0.15, 0.2) is 0 Å². The van der Waals surface area contributed by atoms with Crippen LogP contribution in [0.2, 0.25) is 10.0 Å². The van der Waals surface area contributed by atoms with Gasteiger partial charge in [-0.1, -0.05) is 41.4 Å². The second kappa shape index (κ2) is 5.37. The monoisotopic (exact) mass is 289 g/mol. The average molecular weight is 290 g/mol. The Labute approximate surface area is 112 Å². The van der Waals surface area contributed by atoms with E-state index in [9.17, 15) is 8.78 Å². The lowest BCUT2D eigenvalue weighted by molar-refractivity contribution is 0.514. The van der Waals surface area contributed by atoms with Crippen molar-refractivity contribution >= 4 is 34.6 Å². The third-order valence-corrected chi connectivity index (χ3v) is 2.79. The van der Waals surface area contributed by atoms with Crippen LogP contribution < -0.4 is 10.9 Å². The molecular weight excluding hydrogens is 283 g/mol. The lowest BCUT2D eigenvalue weighted by atomic mass is 10.3. The van der Waals surface area contributed by atoms with E-state index in [0.717, 1.165) is 0 Å². The number of hydrogen-bond acceptors (Lipinski definition) is 3. The summed E-state index contributed by atoms with van der Waals surface area (Å²) in [6.45, 7) is 0. The lowest BCUT2D eigenvalue weighted by Crippen LogP contribution is -2.11. The van der Waals surface area contributed by atoms with Crippen LogP contribution in [0.4, 0.5) is 20.2 Å². The minimum absolute atomic E-state index is 0.104. The largest absolute Gasteiger partial charge is 0.301 e. The van der Waals surface area contributed by atoms with Crippen LogP contribution in [-0.2, 0) is 0 Å². The molecule has 3 nitrogen and oxygen atoms in total. The smallest absolute Gasteiger partial charge is 0.236 e. The first-order valence-electron chi connectivity index (χ1n) is 4.86. The number of anilines is 2. The van der Waals surface area contributed by atoms with E-state index in [1.54, 1.807) is 24.3 Å². The Hall–Kier alpha value is -1.59. The van der Waals surface area contributed by atoms with Crippen LogP contribution in [0.1, 0.15) is 0 Å². The Bertz CT molecular complexity index is 538. The summed E-state index contributed by atoms with van der Waals surface area (Å²) in [6, 6.07) is 8.92. The first kappa shape index (κ1) is 12.9. The Balaban J connectivity index is 2.24. The molecule has 0 saturated carbocycles. The molecule has 0 aliphatic heterocycles. The molecule has 2 rings (SSSR count). The fraction of sp³-hybridized carbons (Fsp3) is 0. The summed E-state index contributed by atoms with van der Waals surface area (Å²) in [5, 5.41) is -0.769. The molecular formula is C11H7Cl2F2N3. The standard InChI is InChI=1S/C11H7Cl2F2N3/c12-7-9(8(13)11(15)16-10(7)14)18-17-6-4-2-1-3-5-6/h1-5,17H,(H,16,18). The average Bonchev–Trinajstić information content (AvgIpc) is 2.38. The van der Waals surface area contributed by atoms with E-state index >= 15 is 0 Å². The van der Waals surface area contributed by atoms with Gasteiger partial charge >= 0.3 is 0 Å². The third kappa shape index (κ3) is 2.63. The maximum Gasteiger partial charge on any atom is 0.236 e. The lowest BCUT2D eigenvalue weighted by Gasteiger charge is -2.12. The molecule has 0 bridgehead atoms. The minimum atomic E-state index is -1.13. The zero-order valence-electron chi connectivity index (χ0n) is 8.85. The quantitative estimate of drug-likeness (QED) is 0.660. The highest BCUT2D eigenvalue weighted by atomic mass is 35.5. The molecule has 0 aliphatic carbocycles. The first-order valence-corrected chi connectivity index (χ1v) is 5.62. The van der Waals surface area contributed by atoms with Crippen LogP contribution in [0.15, 0.2) is 30.3 Å². The van der Waals surface area contributed by atoms with Gasteiger partial charge < -0.3 is 5.43 Å². The summed E-state index contributed by atoms with van der Waals surface area (Å²) >= 11 is 11.3. The van der Waals surface area contributed by atoms with Gasteiger partial charge in [-0.2, -0.15) is 13.8 Å². The zero-order valence-corrected chi connectivity index (χ0v) is 10.4. The number of hydrogen-bond donors (Lipinski definition) is 2. The predicted octanol–water partition coefficient (Wildman–Crippen LogP) is 4.11.